The van der Waals surface area contributed by atoms with Crippen molar-refractivity contribution in [1.82, 2.24) is 15.1 Å². The lowest BCUT2D eigenvalue weighted by atomic mass is 10.3. The molecule has 0 aliphatic heterocycles. The van der Waals surface area contributed by atoms with E-state index in [1.165, 1.54) is 11.3 Å². The summed E-state index contributed by atoms with van der Waals surface area (Å²) in [5, 5.41) is 11.6. The molecule has 3 aromatic rings. The highest BCUT2D eigenvalue weighted by molar-refractivity contribution is 7.13. The zero-order chi connectivity index (χ0) is 18.4. The molecular formula is C18H18N4O3S. The van der Waals surface area contributed by atoms with E-state index in [0.29, 0.717) is 30.1 Å². The lowest BCUT2D eigenvalue weighted by Crippen LogP contribution is -2.26. The molecule has 0 aliphatic rings. The number of anilines is 1. The highest BCUT2D eigenvalue weighted by Crippen LogP contribution is 2.15. The van der Waals surface area contributed by atoms with Crippen molar-refractivity contribution >= 4 is 28.8 Å². The third-order valence-corrected chi connectivity index (χ3v) is 4.63. The molecule has 3 rings (SSSR count). The van der Waals surface area contributed by atoms with E-state index in [0.717, 1.165) is 5.76 Å². The maximum Gasteiger partial charge on any atom is 0.286 e. The molecule has 134 valence electrons. The zero-order valence-electron chi connectivity index (χ0n) is 14.2. The molecule has 0 fully saturated rings. The van der Waals surface area contributed by atoms with Crippen LogP contribution in [0.4, 0.5) is 5.69 Å². The van der Waals surface area contributed by atoms with Gasteiger partial charge in [-0.25, -0.2) is 0 Å². The number of benzene rings is 1. The molecule has 0 unspecified atom stereocenters. The second-order valence-electron chi connectivity index (χ2n) is 5.65. The summed E-state index contributed by atoms with van der Waals surface area (Å²) >= 11 is 1.20. The van der Waals surface area contributed by atoms with Gasteiger partial charge in [-0.3, -0.25) is 9.59 Å². The fourth-order valence-corrected chi connectivity index (χ4v) is 3.02. The number of rotatable bonds is 7. The van der Waals surface area contributed by atoms with Crippen LogP contribution in [0.15, 0.2) is 53.1 Å². The predicted octanol–water partition coefficient (Wildman–Crippen LogP) is 2.97. The Kier molecular flexibility index (Phi) is 5.75. The quantitative estimate of drug-likeness (QED) is 0.691. The van der Waals surface area contributed by atoms with Gasteiger partial charge in [-0.15, -0.1) is 10.2 Å². The van der Waals surface area contributed by atoms with E-state index in [1.54, 1.807) is 36.4 Å². The molecule has 7 nitrogen and oxygen atoms in total. The first-order chi connectivity index (χ1) is 12.6. The van der Waals surface area contributed by atoms with Crippen LogP contribution in [-0.2, 0) is 17.8 Å². The van der Waals surface area contributed by atoms with Crippen molar-refractivity contribution in [1.29, 1.82) is 0 Å². The number of carbonyl (C=O) groups is 2. The number of furan rings is 1. The van der Waals surface area contributed by atoms with Crippen LogP contribution >= 0.6 is 11.3 Å². The summed E-state index contributed by atoms with van der Waals surface area (Å²) in [6.07, 6.45) is 2.32. The molecule has 26 heavy (non-hydrogen) atoms. The molecule has 2 aromatic heterocycles. The summed E-state index contributed by atoms with van der Waals surface area (Å²) in [7, 11) is 1.73. The lowest BCUT2D eigenvalue weighted by molar-refractivity contribution is -0.130. The third-order valence-electron chi connectivity index (χ3n) is 3.64. The minimum Gasteiger partial charge on any atom is -0.467 e. The summed E-state index contributed by atoms with van der Waals surface area (Å²) in [4.78, 5) is 25.9. The van der Waals surface area contributed by atoms with Gasteiger partial charge in [0.2, 0.25) is 10.9 Å². The monoisotopic (exact) mass is 370 g/mol. The van der Waals surface area contributed by atoms with E-state index >= 15 is 0 Å². The first kappa shape index (κ1) is 17.8. The number of nitrogens with one attached hydrogen (secondary N) is 1. The van der Waals surface area contributed by atoms with Crippen LogP contribution in [0.1, 0.15) is 27.0 Å². The molecule has 0 atom stereocenters. The molecule has 1 N–H and O–H groups in total. The van der Waals surface area contributed by atoms with E-state index in [-0.39, 0.29) is 16.8 Å². The number of aromatic nitrogens is 2. The number of hydrogen-bond donors (Lipinski definition) is 1. The van der Waals surface area contributed by atoms with Crippen LogP contribution < -0.4 is 5.32 Å². The van der Waals surface area contributed by atoms with E-state index in [2.05, 4.69) is 15.5 Å². The number of para-hydroxylation sites is 1. The lowest BCUT2D eigenvalue weighted by Gasteiger charge is -2.15. The van der Waals surface area contributed by atoms with Gasteiger partial charge in [0.05, 0.1) is 12.8 Å². The van der Waals surface area contributed by atoms with E-state index in [4.69, 9.17) is 4.42 Å². The van der Waals surface area contributed by atoms with E-state index in [9.17, 15) is 9.59 Å². The zero-order valence-corrected chi connectivity index (χ0v) is 15.0. The van der Waals surface area contributed by atoms with Crippen LogP contribution in [0.2, 0.25) is 0 Å². The van der Waals surface area contributed by atoms with Crippen molar-refractivity contribution in [3.05, 3.63) is 64.5 Å². The van der Waals surface area contributed by atoms with Crippen LogP contribution in [0.5, 0.6) is 0 Å². The van der Waals surface area contributed by atoms with Crippen molar-refractivity contribution in [3.8, 4) is 0 Å². The minimum atomic E-state index is -0.304. The Morgan fingerprint density at radius 2 is 1.96 bits per heavy atom. The van der Waals surface area contributed by atoms with Crippen LogP contribution in [-0.4, -0.2) is 34.0 Å². The Morgan fingerprint density at radius 1 is 1.15 bits per heavy atom. The Bertz CT molecular complexity index is 862. The van der Waals surface area contributed by atoms with Gasteiger partial charge in [0, 0.05) is 25.6 Å². The van der Waals surface area contributed by atoms with Crippen molar-refractivity contribution in [2.45, 2.75) is 19.4 Å². The first-order valence-corrected chi connectivity index (χ1v) is 8.88. The van der Waals surface area contributed by atoms with Crippen LogP contribution in [0, 0.1) is 0 Å². The molecule has 1 aromatic carbocycles. The maximum atomic E-state index is 12.2. The number of amides is 2. The smallest absolute Gasteiger partial charge is 0.286 e. The number of carbonyl (C=O) groups excluding carboxylic acids is 2. The highest BCUT2D eigenvalue weighted by Gasteiger charge is 2.15. The van der Waals surface area contributed by atoms with Crippen molar-refractivity contribution < 1.29 is 14.0 Å². The molecule has 0 bridgehead atoms. The Balaban J connectivity index is 1.50. The van der Waals surface area contributed by atoms with E-state index < -0.39 is 0 Å². The summed E-state index contributed by atoms with van der Waals surface area (Å²) < 4.78 is 5.24. The standard InChI is InChI=1S/C18H18N4O3S/c1-22(12-14-8-5-11-25-14)16(23)10-9-15-20-21-18(26-15)17(24)19-13-6-3-2-4-7-13/h2-8,11H,9-10,12H2,1H3,(H,19,24). The SMILES string of the molecule is CN(Cc1ccco1)C(=O)CCc1nnc(C(=O)Nc2ccccc2)s1. The molecule has 0 spiro atoms. The number of nitrogens with zero attached hydrogens (tertiary/aromatic N) is 3. The van der Waals surface area contributed by atoms with Crippen LogP contribution in [0.25, 0.3) is 0 Å². The predicted molar refractivity (Wildman–Crippen MR) is 97.8 cm³/mol. The number of aryl methyl sites for hydroxylation is 1. The van der Waals surface area contributed by atoms with Gasteiger partial charge in [0.25, 0.3) is 5.91 Å². The van der Waals surface area contributed by atoms with E-state index in [1.807, 2.05) is 24.3 Å². The van der Waals surface area contributed by atoms with Crippen molar-refractivity contribution in [3.63, 3.8) is 0 Å². The van der Waals surface area contributed by atoms with Gasteiger partial charge in [-0.1, -0.05) is 29.5 Å². The number of hydrogen-bond acceptors (Lipinski definition) is 6. The minimum absolute atomic E-state index is 0.0214. The third kappa shape index (κ3) is 4.76. The normalized spacial score (nSPS) is 10.5. The van der Waals surface area contributed by atoms with Crippen LogP contribution in [0.3, 0.4) is 0 Å². The second-order valence-corrected chi connectivity index (χ2v) is 6.71. The highest BCUT2D eigenvalue weighted by atomic mass is 32.1. The van der Waals surface area contributed by atoms with Gasteiger partial charge in [0.15, 0.2) is 0 Å². The maximum absolute atomic E-state index is 12.2. The largest absolute Gasteiger partial charge is 0.467 e. The summed E-state index contributed by atoms with van der Waals surface area (Å²) in [5.74, 6) is 0.407. The molecular weight excluding hydrogens is 352 g/mol. The molecule has 0 saturated heterocycles. The average Bonchev–Trinajstić information content (AvgIpc) is 3.32. The molecule has 0 saturated carbocycles. The Labute approximate surface area is 154 Å². The van der Waals surface area contributed by atoms with Gasteiger partial charge in [-0.05, 0) is 24.3 Å². The van der Waals surface area contributed by atoms with Gasteiger partial charge in [0.1, 0.15) is 10.8 Å². The molecule has 2 amide bonds. The van der Waals surface area contributed by atoms with Gasteiger partial charge in [-0.2, -0.15) is 0 Å². The second kappa shape index (κ2) is 8.39. The van der Waals surface area contributed by atoms with Gasteiger partial charge >= 0.3 is 0 Å². The summed E-state index contributed by atoms with van der Waals surface area (Å²) in [5.41, 5.74) is 0.698. The molecule has 0 radical (unpaired) electrons. The fourth-order valence-electron chi connectivity index (χ4n) is 2.28. The topological polar surface area (TPSA) is 88.3 Å². The first-order valence-electron chi connectivity index (χ1n) is 8.07. The summed E-state index contributed by atoms with van der Waals surface area (Å²) in [6.45, 7) is 0.423. The Hall–Kier alpha value is -3.00. The average molecular weight is 370 g/mol. The Morgan fingerprint density at radius 3 is 2.69 bits per heavy atom. The summed E-state index contributed by atoms with van der Waals surface area (Å²) in [6, 6.07) is 12.8. The molecule has 8 heteroatoms. The molecule has 2 heterocycles. The van der Waals surface area contributed by atoms with Crippen molar-refractivity contribution in [2.75, 3.05) is 12.4 Å². The van der Waals surface area contributed by atoms with Crippen molar-refractivity contribution in [2.24, 2.45) is 0 Å². The fraction of sp³-hybridized carbons (Fsp3) is 0.222. The molecule has 0 aliphatic carbocycles. The van der Waals surface area contributed by atoms with Gasteiger partial charge < -0.3 is 14.6 Å².